The standard InChI is InChI=1S/C20H38N4O3.HI/c1-7-20(8-2,24-18(25)27-19(4,5)6)13-22-17(21-9-3)23-15-12-14-10-11-16(15)26-14;/h14-16H,7-13H2,1-6H3,(H,24,25)(H2,21,22,23);1H. The average molecular weight is 510 g/mol. The van der Waals surface area contributed by atoms with Gasteiger partial charge in [0, 0.05) is 6.54 Å². The molecule has 28 heavy (non-hydrogen) atoms. The summed E-state index contributed by atoms with van der Waals surface area (Å²) in [6.45, 7) is 13.1. The molecule has 7 nitrogen and oxygen atoms in total. The van der Waals surface area contributed by atoms with Crippen molar-refractivity contribution >= 4 is 36.0 Å². The lowest BCUT2D eigenvalue weighted by Gasteiger charge is -2.33. The van der Waals surface area contributed by atoms with E-state index < -0.39 is 11.1 Å². The van der Waals surface area contributed by atoms with Gasteiger partial charge in [-0.2, -0.15) is 0 Å². The van der Waals surface area contributed by atoms with Gasteiger partial charge in [0.25, 0.3) is 0 Å². The predicted molar refractivity (Wildman–Crippen MR) is 124 cm³/mol. The highest BCUT2D eigenvalue weighted by Gasteiger charge is 2.41. The fourth-order valence-corrected chi connectivity index (χ4v) is 3.73. The maximum absolute atomic E-state index is 12.3. The minimum absolute atomic E-state index is 0. The molecule has 2 heterocycles. The minimum atomic E-state index is -0.515. The molecule has 2 fully saturated rings. The van der Waals surface area contributed by atoms with Crippen molar-refractivity contribution in [2.24, 2.45) is 4.99 Å². The highest BCUT2D eigenvalue weighted by molar-refractivity contribution is 14.0. The van der Waals surface area contributed by atoms with E-state index in [0.29, 0.717) is 24.8 Å². The van der Waals surface area contributed by atoms with Crippen molar-refractivity contribution in [3.63, 3.8) is 0 Å². The molecule has 0 saturated carbocycles. The molecule has 2 rings (SSSR count). The second-order valence-corrected chi connectivity index (χ2v) is 8.67. The molecule has 2 aliphatic heterocycles. The van der Waals surface area contributed by atoms with Gasteiger partial charge in [-0.1, -0.05) is 13.8 Å². The number of nitrogens with one attached hydrogen (secondary N) is 3. The summed E-state index contributed by atoms with van der Waals surface area (Å²) in [5, 5.41) is 9.91. The van der Waals surface area contributed by atoms with E-state index in [9.17, 15) is 4.79 Å². The lowest BCUT2D eigenvalue weighted by atomic mass is 9.93. The Morgan fingerprint density at radius 3 is 2.32 bits per heavy atom. The Bertz CT molecular complexity index is 532. The highest BCUT2D eigenvalue weighted by Crippen LogP contribution is 2.34. The molecule has 3 unspecified atom stereocenters. The molecule has 0 aliphatic carbocycles. The molecular weight excluding hydrogens is 471 g/mol. The van der Waals surface area contributed by atoms with Crippen molar-refractivity contribution in [3.05, 3.63) is 0 Å². The van der Waals surface area contributed by atoms with Crippen molar-refractivity contribution in [2.45, 2.75) is 103 Å². The van der Waals surface area contributed by atoms with Gasteiger partial charge < -0.3 is 25.4 Å². The molecule has 3 N–H and O–H groups in total. The molecule has 2 saturated heterocycles. The minimum Gasteiger partial charge on any atom is -0.444 e. The average Bonchev–Trinajstić information content (AvgIpc) is 3.20. The molecule has 1 amide bonds. The van der Waals surface area contributed by atoms with E-state index in [4.69, 9.17) is 14.5 Å². The maximum Gasteiger partial charge on any atom is 0.408 e. The molecule has 164 valence electrons. The van der Waals surface area contributed by atoms with Crippen LogP contribution in [0, 0.1) is 0 Å². The summed E-state index contributed by atoms with van der Waals surface area (Å²) < 4.78 is 11.4. The fraction of sp³-hybridized carbons (Fsp3) is 0.900. The Balaban J connectivity index is 0.00000392. The summed E-state index contributed by atoms with van der Waals surface area (Å²) >= 11 is 0. The van der Waals surface area contributed by atoms with Gasteiger partial charge >= 0.3 is 6.09 Å². The van der Waals surface area contributed by atoms with Crippen LogP contribution in [-0.4, -0.2) is 54.5 Å². The van der Waals surface area contributed by atoms with Crippen LogP contribution in [-0.2, 0) is 9.47 Å². The zero-order valence-electron chi connectivity index (χ0n) is 18.3. The number of hydrogen-bond acceptors (Lipinski definition) is 4. The zero-order chi connectivity index (χ0) is 20.1. The molecule has 2 aliphatic rings. The second kappa shape index (κ2) is 10.8. The molecular formula is C20H39IN4O3. The van der Waals surface area contributed by atoms with Crippen molar-refractivity contribution in [1.82, 2.24) is 16.0 Å². The van der Waals surface area contributed by atoms with E-state index in [1.54, 1.807) is 0 Å². The number of alkyl carbamates (subject to hydrolysis) is 1. The smallest absolute Gasteiger partial charge is 0.408 e. The molecule has 0 aromatic heterocycles. The van der Waals surface area contributed by atoms with Gasteiger partial charge in [-0.3, -0.25) is 4.99 Å². The summed E-state index contributed by atoms with van der Waals surface area (Å²) in [5.41, 5.74) is -0.936. The van der Waals surface area contributed by atoms with Crippen LogP contribution in [0.1, 0.15) is 73.6 Å². The van der Waals surface area contributed by atoms with Gasteiger partial charge in [0.15, 0.2) is 5.96 Å². The molecule has 0 spiro atoms. The van der Waals surface area contributed by atoms with E-state index in [0.717, 1.165) is 38.2 Å². The van der Waals surface area contributed by atoms with Crippen LogP contribution in [0.2, 0.25) is 0 Å². The van der Waals surface area contributed by atoms with Crippen molar-refractivity contribution in [1.29, 1.82) is 0 Å². The molecule has 0 aromatic rings. The third-order valence-electron chi connectivity index (χ3n) is 5.43. The van der Waals surface area contributed by atoms with E-state index in [2.05, 4.69) is 36.7 Å². The Kier molecular flexibility index (Phi) is 9.79. The van der Waals surface area contributed by atoms with E-state index in [1.165, 1.54) is 6.42 Å². The van der Waals surface area contributed by atoms with Crippen LogP contribution in [0.5, 0.6) is 0 Å². The summed E-state index contributed by atoms with van der Waals surface area (Å²) in [6.07, 6.45) is 5.20. The van der Waals surface area contributed by atoms with Crippen LogP contribution in [0.3, 0.4) is 0 Å². The molecule has 3 atom stereocenters. The Labute approximate surface area is 187 Å². The number of amides is 1. The van der Waals surface area contributed by atoms with Crippen LogP contribution in [0.25, 0.3) is 0 Å². The molecule has 0 radical (unpaired) electrons. The zero-order valence-corrected chi connectivity index (χ0v) is 20.6. The largest absolute Gasteiger partial charge is 0.444 e. The lowest BCUT2D eigenvalue weighted by molar-refractivity contribution is 0.0452. The number of aliphatic imine (C=N–C) groups is 1. The quantitative estimate of drug-likeness (QED) is 0.277. The first kappa shape index (κ1) is 25.3. The highest BCUT2D eigenvalue weighted by atomic mass is 127. The summed E-state index contributed by atoms with van der Waals surface area (Å²) in [4.78, 5) is 17.1. The van der Waals surface area contributed by atoms with E-state index >= 15 is 0 Å². The second-order valence-electron chi connectivity index (χ2n) is 8.67. The summed E-state index contributed by atoms with van der Waals surface area (Å²) in [7, 11) is 0. The van der Waals surface area contributed by atoms with E-state index in [1.807, 2.05) is 20.8 Å². The van der Waals surface area contributed by atoms with Gasteiger partial charge in [-0.15, -0.1) is 24.0 Å². The van der Waals surface area contributed by atoms with Crippen molar-refractivity contribution in [2.75, 3.05) is 13.1 Å². The summed E-state index contributed by atoms with van der Waals surface area (Å²) in [6, 6.07) is 0.318. The monoisotopic (exact) mass is 510 g/mol. The molecule has 0 aromatic carbocycles. The first-order valence-electron chi connectivity index (χ1n) is 10.4. The van der Waals surface area contributed by atoms with Crippen LogP contribution >= 0.6 is 24.0 Å². The SMILES string of the molecule is CCNC(=NCC(CC)(CC)NC(=O)OC(C)(C)C)NC1CC2CCC1O2.I. The van der Waals surface area contributed by atoms with Crippen molar-refractivity contribution in [3.8, 4) is 0 Å². The van der Waals surface area contributed by atoms with Gasteiger partial charge in [-0.05, 0) is 59.8 Å². The summed E-state index contributed by atoms with van der Waals surface area (Å²) in [5.74, 6) is 0.788. The number of nitrogens with zero attached hydrogens (tertiary/aromatic N) is 1. The number of guanidine groups is 1. The predicted octanol–water partition coefficient (Wildman–Crippen LogP) is 3.56. The number of rotatable bonds is 7. The number of carbonyl (C=O) groups excluding carboxylic acids is 1. The Morgan fingerprint density at radius 1 is 1.18 bits per heavy atom. The van der Waals surface area contributed by atoms with Gasteiger partial charge in [0.05, 0.1) is 30.3 Å². The van der Waals surface area contributed by atoms with Crippen LogP contribution in [0.15, 0.2) is 4.99 Å². The molecule has 8 heteroatoms. The molecule has 2 bridgehead atoms. The Hall–Kier alpha value is -0.770. The first-order chi connectivity index (χ1) is 12.7. The lowest BCUT2D eigenvalue weighted by Crippen LogP contribution is -2.53. The van der Waals surface area contributed by atoms with Crippen LogP contribution in [0.4, 0.5) is 4.79 Å². The normalized spacial score (nSPS) is 24.5. The Morgan fingerprint density at radius 2 is 1.86 bits per heavy atom. The van der Waals surface area contributed by atoms with Crippen LogP contribution < -0.4 is 16.0 Å². The number of hydrogen-bond donors (Lipinski definition) is 3. The number of halogens is 1. The number of ether oxygens (including phenoxy) is 2. The number of fused-ring (bicyclic) bond motifs is 2. The topological polar surface area (TPSA) is 84.0 Å². The van der Waals surface area contributed by atoms with E-state index in [-0.39, 0.29) is 30.1 Å². The fourth-order valence-electron chi connectivity index (χ4n) is 3.73. The van der Waals surface area contributed by atoms with Gasteiger partial charge in [0.1, 0.15) is 5.60 Å². The van der Waals surface area contributed by atoms with Gasteiger partial charge in [-0.25, -0.2) is 4.79 Å². The number of carbonyl (C=O) groups is 1. The van der Waals surface area contributed by atoms with Gasteiger partial charge in [0.2, 0.25) is 0 Å². The van der Waals surface area contributed by atoms with Crippen molar-refractivity contribution < 1.29 is 14.3 Å². The third kappa shape index (κ3) is 7.24. The maximum atomic E-state index is 12.3. The third-order valence-corrected chi connectivity index (χ3v) is 5.43. The first-order valence-corrected chi connectivity index (χ1v) is 10.4.